The van der Waals surface area contributed by atoms with Crippen molar-refractivity contribution >= 4 is 14.4 Å². The standard InChI is InChI=1S/C11H16O2Si/c1-10(13-14(2,3)4)7-8-11-6-5-9-12-11/h5-9H,1H2,2-4H3/b8-7+. The Kier molecular flexibility index (Phi) is 3.36. The van der Waals surface area contributed by atoms with Crippen LogP contribution in [0.15, 0.2) is 41.2 Å². The van der Waals surface area contributed by atoms with Crippen LogP contribution in [-0.2, 0) is 4.43 Å². The Morgan fingerprint density at radius 3 is 2.71 bits per heavy atom. The van der Waals surface area contributed by atoms with Crippen LogP contribution in [0.25, 0.3) is 6.08 Å². The van der Waals surface area contributed by atoms with Gasteiger partial charge < -0.3 is 8.84 Å². The molecule has 0 aliphatic rings. The van der Waals surface area contributed by atoms with Gasteiger partial charge in [-0.25, -0.2) is 0 Å². The maximum atomic E-state index is 5.65. The van der Waals surface area contributed by atoms with Gasteiger partial charge >= 0.3 is 0 Å². The number of furan rings is 1. The van der Waals surface area contributed by atoms with Crippen LogP contribution in [0.5, 0.6) is 0 Å². The lowest BCUT2D eigenvalue weighted by molar-refractivity contribution is 0.444. The Balaban J connectivity index is 2.49. The summed E-state index contributed by atoms with van der Waals surface area (Å²) in [5.74, 6) is 1.51. The van der Waals surface area contributed by atoms with Crippen molar-refractivity contribution in [2.75, 3.05) is 0 Å². The highest BCUT2D eigenvalue weighted by Gasteiger charge is 2.15. The van der Waals surface area contributed by atoms with Crippen LogP contribution in [0.2, 0.25) is 19.6 Å². The van der Waals surface area contributed by atoms with Crippen molar-refractivity contribution in [1.29, 1.82) is 0 Å². The Morgan fingerprint density at radius 1 is 1.50 bits per heavy atom. The summed E-state index contributed by atoms with van der Waals surface area (Å²) in [6.07, 6.45) is 5.32. The molecule has 0 saturated heterocycles. The van der Waals surface area contributed by atoms with E-state index in [1.54, 1.807) is 6.26 Å². The van der Waals surface area contributed by atoms with Crippen molar-refractivity contribution in [1.82, 2.24) is 0 Å². The fourth-order valence-corrected chi connectivity index (χ4v) is 1.84. The van der Waals surface area contributed by atoms with E-state index in [1.165, 1.54) is 0 Å². The molecule has 0 N–H and O–H groups in total. The third-order valence-electron chi connectivity index (χ3n) is 1.41. The van der Waals surface area contributed by atoms with Crippen molar-refractivity contribution in [3.8, 4) is 0 Å². The van der Waals surface area contributed by atoms with Gasteiger partial charge in [-0.1, -0.05) is 6.58 Å². The molecule has 0 saturated carbocycles. The van der Waals surface area contributed by atoms with Crippen LogP contribution in [0, 0.1) is 0 Å². The molecule has 0 atom stereocenters. The summed E-state index contributed by atoms with van der Waals surface area (Å²) in [5, 5.41) is 0. The predicted octanol–water partition coefficient (Wildman–Crippen LogP) is 3.66. The van der Waals surface area contributed by atoms with Crippen molar-refractivity contribution < 1.29 is 8.84 Å². The van der Waals surface area contributed by atoms with Gasteiger partial charge in [-0.15, -0.1) is 0 Å². The van der Waals surface area contributed by atoms with Gasteiger partial charge in [-0.2, -0.15) is 0 Å². The van der Waals surface area contributed by atoms with Gasteiger partial charge in [0.15, 0.2) is 0 Å². The van der Waals surface area contributed by atoms with Crippen LogP contribution in [0.4, 0.5) is 0 Å². The van der Waals surface area contributed by atoms with E-state index in [9.17, 15) is 0 Å². The zero-order valence-corrected chi connectivity index (χ0v) is 9.91. The number of hydrogen-bond donors (Lipinski definition) is 0. The molecule has 76 valence electrons. The molecule has 0 fully saturated rings. The molecule has 0 amide bonds. The second kappa shape index (κ2) is 4.33. The van der Waals surface area contributed by atoms with Gasteiger partial charge in [0.1, 0.15) is 5.76 Å². The van der Waals surface area contributed by atoms with Gasteiger partial charge in [0.2, 0.25) is 8.32 Å². The summed E-state index contributed by atoms with van der Waals surface area (Å²) >= 11 is 0. The molecule has 0 spiro atoms. The molecular weight excluding hydrogens is 192 g/mol. The summed E-state index contributed by atoms with van der Waals surface area (Å²) in [6, 6.07) is 3.74. The molecule has 0 aromatic carbocycles. The topological polar surface area (TPSA) is 22.4 Å². The number of rotatable bonds is 4. The molecule has 0 aliphatic heterocycles. The maximum absolute atomic E-state index is 5.65. The monoisotopic (exact) mass is 208 g/mol. The number of hydrogen-bond acceptors (Lipinski definition) is 2. The summed E-state index contributed by atoms with van der Waals surface area (Å²) in [6.45, 7) is 10.2. The van der Waals surface area contributed by atoms with E-state index in [0.717, 1.165) is 5.76 Å². The minimum Gasteiger partial charge on any atom is -0.545 e. The molecule has 1 rings (SSSR count). The first-order chi connectivity index (χ1) is 6.47. The maximum Gasteiger partial charge on any atom is 0.242 e. The first-order valence-corrected chi connectivity index (χ1v) is 7.98. The highest BCUT2D eigenvalue weighted by molar-refractivity contribution is 6.70. The zero-order chi connectivity index (χ0) is 10.6. The lowest BCUT2D eigenvalue weighted by Gasteiger charge is -2.18. The summed E-state index contributed by atoms with van der Waals surface area (Å²) in [7, 11) is -1.52. The minimum atomic E-state index is -1.52. The second-order valence-electron chi connectivity index (χ2n) is 4.03. The highest BCUT2D eigenvalue weighted by atomic mass is 28.4. The van der Waals surface area contributed by atoms with E-state index in [0.29, 0.717) is 5.76 Å². The molecule has 14 heavy (non-hydrogen) atoms. The second-order valence-corrected chi connectivity index (χ2v) is 8.46. The van der Waals surface area contributed by atoms with E-state index in [2.05, 4.69) is 26.2 Å². The summed E-state index contributed by atoms with van der Waals surface area (Å²) in [4.78, 5) is 0. The number of allylic oxidation sites excluding steroid dienone is 1. The third-order valence-corrected chi connectivity index (χ3v) is 2.29. The van der Waals surface area contributed by atoms with Crippen molar-refractivity contribution in [2.45, 2.75) is 19.6 Å². The Labute approximate surface area is 86.0 Å². The van der Waals surface area contributed by atoms with E-state index < -0.39 is 8.32 Å². The first kappa shape index (κ1) is 10.9. The molecular formula is C11H16O2Si. The Hall–Kier alpha value is -1.22. The van der Waals surface area contributed by atoms with E-state index in [4.69, 9.17) is 8.84 Å². The Morgan fingerprint density at radius 2 is 2.21 bits per heavy atom. The van der Waals surface area contributed by atoms with Crippen LogP contribution in [0.1, 0.15) is 5.76 Å². The van der Waals surface area contributed by atoms with E-state index >= 15 is 0 Å². The molecule has 1 heterocycles. The average molecular weight is 208 g/mol. The SMILES string of the molecule is C=C(/C=C/c1ccco1)O[Si](C)(C)C. The molecule has 1 aromatic rings. The molecule has 0 bridgehead atoms. The van der Waals surface area contributed by atoms with Crippen LogP contribution in [0.3, 0.4) is 0 Å². The van der Waals surface area contributed by atoms with Gasteiger partial charge in [0.05, 0.1) is 12.0 Å². The van der Waals surface area contributed by atoms with Crippen molar-refractivity contribution in [2.24, 2.45) is 0 Å². The normalized spacial score (nSPS) is 11.9. The quantitative estimate of drug-likeness (QED) is 0.428. The zero-order valence-electron chi connectivity index (χ0n) is 8.91. The van der Waals surface area contributed by atoms with E-state index in [1.807, 2.05) is 24.3 Å². The lowest BCUT2D eigenvalue weighted by atomic mass is 10.4. The Bertz CT molecular complexity index is 318. The largest absolute Gasteiger partial charge is 0.545 e. The molecule has 3 heteroatoms. The van der Waals surface area contributed by atoms with Crippen molar-refractivity contribution in [3.05, 3.63) is 42.6 Å². The average Bonchev–Trinajstić information content (AvgIpc) is 2.49. The van der Waals surface area contributed by atoms with Gasteiger partial charge in [0, 0.05) is 0 Å². The van der Waals surface area contributed by atoms with Gasteiger partial charge in [-0.3, -0.25) is 0 Å². The van der Waals surface area contributed by atoms with E-state index in [-0.39, 0.29) is 0 Å². The smallest absolute Gasteiger partial charge is 0.242 e. The molecule has 1 aromatic heterocycles. The first-order valence-electron chi connectivity index (χ1n) is 4.57. The fraction of sp³-hybridized carbons (Fsp3) is 0.273. The molecule has 0 aliphatic carbocycles. The molecule has 0 unspecified atom stereocenters. The summed E-state index contributed by atoms with van der Waals surface area (Å²) in [5.41, 5.74) is 0. The highest BCUT2D eigenvalue weighted by Crippen LogP contribution is 2.11. The van der Waals surface area contributed by atoms with Crippen LogP contribution in [-0.4, -0.2) is 8.32 Å². The lowest BCUT2D eigenvalue weighted by Crippen LogP contribution is -2.23. The molecule has 0 radical (unpaired) electrons. The van der Waals surface area contributed by atoms with Gasteiger partial charge in [0.25, 0.3) is 0 Å². The fourth-order valence-electron chi connectivity index (χ4n) is 0.988. The van der Waals surface area contributed by atoms with Gasteiger partial charge in [-0.05, 0) is 43.9 Å². The summed E-state index contributed by atoms with van der Waals surface area (Å²) < 4.78 is 10.8. The third kappa shape index (κ3) is 4.14. The van der Waals surface area contributed by atoms with Crippen LogP contribution >= 0.6 is 0 Å². The van der Waals surface area contributed by atoms with Crippen LogP contribution < -0.4 is 0 Å². The minimum absolute atomic E-state index is 0.695. The van der Waals surface area contributed by atoms with Crippen molar-refractivity contribution in [3.63, 3.8) is 0 Å². The predicted molar refractivity (Wildman–Crippen MR) is 61.3 cm³/mol. The molecule has 2 nitrogen and oxygen atoms in total.